The van der Waals surface area contributed by atoms with E-state index in [1.165, 1.54) is 0 Å². The molecule has 5 heteroatoms. The molecule has 0 saturated heterocycles. The molecule has 2 N–H and O–H groups in total. The third-order valence-electron chi connectivity index (χ3n) is 4.90. The minimum absolute atomic E-state index is 0.134. The minimum Gasteiger partial charge on any atom is -0.479 e. The molecule has 3 unspecified atom stereocenters. The van der Waals surface area contributed by atoms with E-state index in [1.807, 2.05) is 27.7 Å². The van der Waals surface area contributed by atoms with Crippen LogP contribution in [0.2, 0.25) is 0 Å². The van der Waals surface area contributed by atoms with E-state index < -0.39 is 16.9 Å². The zero-order valence-electron chi connectivity index (χ0n) is 13.9. The number of carbonyl (C=O) groups is 2. The lowest BCUT2D eigenvalue weighted by Gasteiger charge is -2.58. The van der Waals surface area contributed by atoms with Crippen LogP contribution in [0.25, 0.3) is 0 Å². The average molecular weight is 299 g/mol. The number of ether oxygens (including phenoxy) is 1. The molecule has 0 spiro atoms. The monoisotopic (exact) mass is 299 g/mol. The Morgan fingerprint density at radius 3 is 2.43 bits per heavy atom. The molecule has 1 aliphatic carbocycles. The average Bonchev–Trinajstić information content (AvgIpc) is 2.42. The standard InChI is InChI=1S/C16H29NO4/c1-6-8-9-11(3)13(18)17-16(14(19)20)10-12(21-7-2)15(16,4)5/h11-12H,6-10H2,1-5H3,(H,17,18)(H,19,20). The molecule has 1 aliphatic rings. The summed E-state index contributed by atoms with van der Waals surface area (Å²) in [5.74, 6) is -1.31. The highest BCUT2D eigenvalue weighted by atomic mass is 16.5. The lowest BCUT2D eigenvalue weighted by Crippen LogP contribution is -2.76. The van der Waals surface area contributed by atoms with Crippen LogP contribution < -0.4 is 5.32 Å². The third kappa shape index (κ3) is 3.23. The summed E-state index contributed by atoms with van der Waals surface area (Å²) in [7, 11) is 0. The highest BCUT2D eigenvalue weighted by Gasteiger charge is 2.66. The fourth-order valence-corrected chi connectivity index (χ4v) is 3.01. The van der Waals surface area contributed by atoms with Gasteiger partial charge in [0.15, 0.2) is 0 Å². The summed E-state index contributed by atoms with van der Waals surface area (Å²) in [4.78, 5) is 24.1. The number of carboxylic acid groups (broad SMARTS) is 1. The fraction of sp³-hybridized carbons (Fsp3) is 0.875. The van der Waals surface area contributed by atoms with Gasteiger partial charge in [0.1, 0.15) is 5.54 Å². The molecule has 122 valence electrons. The van der Waals surface area contributed by atoms with Crippen molar-refractivity contribution in [2.24, 2.45) is 11.3 Å². The van der Waals surface area contributed by atoms with Crippen LogP contribution >= 0.6 is 0 Å². The first kappa shape index (κ1) is 18.0. The maximum atomic E-state index is 12.3. The number of aliphatic carboxylic acids is 1. The summed E-state index contributed by atoms with van der Waals surface area (Å²) in [5.41, 5.74) is -1.83. The maximum absolute atomic E-state index is 12.3. The van der Waals surface area contributed by atoms with Gasteiger partial charge in [0.2, 0.25) is 5.91 Å². The van der Waals surface area contributed by atoms with Crippen LogP contribution in [0.15, 0.2) is 0 Å². The number of rotatable bonds is 8. The van der Waals surface area contributed by atoms with Crippen LogP contribution in [-0.2, 0) is 14.3 Å². The summed E-state index contributed by atoms with van der Waals surface area (Å²) in [5, 5.41) is 12.4. The Hall–Kier alpha value is -1.10. The van der Waals surface area contributed by atoms with Gasteiger partial charge in [0, 0.05) is 24.4 Å². The van der Waals surface area contributed by atoms with Crippen molar-refractivity contribution >= 4 is 11.9 Å². The largest absolute Gasteiger partial charge is 0.479 e. The molecule has 0 aromatic rings. The molecule has 0 aromatic carbocycles. The van der Waals surface area contributed by atoms with E-state index in [0.29, 0.717) is 13.0 Å². The Bertz CT molecular complexity index is 394. The van der Waals surface area contributed by atoms with Gasteiger partial charge in [-0.15, -0.1) is 0 Å². The first-order chi connectivity index (χ1) is 9.72. The lowest BCUT2D eigenvalue weighted by molar-refractivity contribution is -0.195. The molecule has 0 heterocycles. The normalized spacial score (nSPS) is 28.5. The van der Waals surface area contributed by atoms with Crippen molar-refractivity contribution in [3.63, 3.8) is 0 Å². The molecule has 21 heavy (non-hydrogen) atoms. The minimum atomic E-state index is -1.22. The van der Waals surface area contributed by atoms with Crippen molar-refractivity contribution in [2.75, 3.05) is 6.61 Å². The van der Waals surface area contributed by atoms with Gasteiger partial charge in [0.05, 0.1) is 6.10 Å². The van der Waals surface area contributed by atoms with Crippen LogP contribution in [0.4, 0.5) is 0 Å². The maximum Gasteiger partial charge on any atom is 0.330 e. The van der Waals surface area contributed by atoms with E-state index in [-0.39, 0.29) is 17.9 Å². The third-order valence-corrected chi connectivity index (χ3v) is 4.90. The molecule has 1 amide bonds. The molecular formula is C16H29NO4. The zero-order chi connectivity index (χ0) is 16.3. The molecule has 1 saturated carbocycles. The van der Waals surface area contributed by atoms with Crippen molar-refractivity contribution < 1.29 is 19.4 Å². The summed E-state index contributed by atoms with van der Waals surface area (Å²) < 4.78 is 5.59. The second-order valence-electron chi connectivity index (χ2n) is 6.61. The number of amides is 1. The number of unbranched alkanes of at least 4 members (excludes halogenated alkanes) is 1. The Balaban J connectivity index is 2.80. The lowest BCUT2D eigenvalue weighted by atomic mass is 9.54. The van der Waals surface area contributed by atoms with Crippen molar-refractivity contribution in [1.82, 2.24) is 5.32 Å². The van der Waals surface area contributed by atoms with Gasteiger partial charge < -0.3 is 15.2 Å². The van der Waals surface area contributed by atoms with Crippen molar-refractivity contribution in [2.45, 2.75) is 71.9 Å². The van der Waals surface area contributed by atoms with Crippen LogP contribution in [-0.4, -0.2) is 35.2 Å². The number of hydrogen-bond donors (Lipinski definition) is 2. The number of hydrogen-bond acceptors (Lipinski definition) is 3. The predicted molar refractivity (Wildman–Crippen MR) is 81.0 cm³/mol. The Labute approximate surface area is 127 Å². The highest BCUT2D eigenvalue weighted by molar-refractivity contribution is 5.90. The summed E-state index contributed by atoms with van der Waals surface area (Å²) in [6.45, 7) is 10.1. The fourth-order valence-electron chi connectivity index (χ4n) is 3.01. The van der Waals surface area contributed by atoms with Crippen molar-refractivity contribution in [3.05, 3.63) is 0 Å². The molecule has 0 radical (unpaired) electrons. The van der Waals surface area contributed by atoms with Crippen LogP contribution in [0.3, 0.4) is 0 Å². The number of carboxylic acids is 1. The second kappa shape index (κ2) is 6.77. The van der Waals surface area contributed by atoms with E-state index in [1.54, 1.807) is 0 Å². The molecule has 0 bridgehead atoms. The van der Waals surface area contributed by atoms with Gasteiger partial charge in [-0.25, -0.2) is 4.79 Å². The van der Waals surface area contributed by atoms with Crippen LogP contribution in [0, 0.1) is 11.3 Å². The molecule has 0 aliphatic heterocycles. The van der Waals surface area contributed by atoms with Crippen molar-refractivity contribution in [3.8, 4) is 0 Å². The first-order valence-corrected chi connectivity index (χ1v) is 7.90. The van der Waals surface area contributed by atoms with Gasteiger partial charge in [-0.1, -0.05) is 40.5 Å². The summed E-state index contributed by atoms with van der Waals surface area (Å²) >= 11 is 0. The smallest absolute Gasteiger partial charge is 0.330 e. The predicted octanol–water partition coefficient (Wildman–Crippen LogP) is 2.59. The van der Waals surface area contributed by atoms with Gasteiger partial charge in [-0.05, 0) is 13.3 Å². The molecule has 5 nitrogen and oxygen atoms in total. The SMILES string of the molecule is CCCCC(C)C(=O)NC1(C(=O)O)CC(OCC)C1(C)C. The molecular weight excluding hydrogens is 270 g/mol. The summed E-state index contributed by atoms with van der Waals surface area (Å²) in [6, 6.07) is 0. The van der Waals surface area contributed by atoms with Gasteiger partial charge in [-0.3, -0.25) is 4.79 Å². The Morgan fingerprint density at radius 1 is 1.38 bits per heavy atom. The zero-order valence-corrected chi connectivity index (χ0v) is 13.9. The van der Waals surface area contributed by atoms with Crippen molar-refractivity contribution in [1.29, 1.82) is 0 Å². The number of carbonyl (C=O) groups excluding carboxylic acids is 1. The van der Waals surface area contributed by atoms with E-state index in [2.05, 4.69) is 12.2 Å². The van der Waals surface area contributed by atoms with Crippen LogP contribution in [0.5, 0.6) is 0 Å². The first-order valence-electron chi connectivity index (χ1n) is 7.90. The van der Waals surface area contributed by atoms with Gasteiger partial charge in [-0.2, -0.15) is 0 Å². The topological polar surface area (TPSA) is 75.6 Å². The second-order valence-corrected chi connectivity index (χ2v) is 6.61. The Kier molecular flexibility index (Phi) is 5.79. The van der Waals surface area contributed by atoms with E-state index in [9.17, 15) is 14.7 Å². The summed E-state index contributed by atoms with van der Waals surface area (Å²) in [6.07, 6.45) is 2.98. The molecule has 1 fully saturated rings. The van der Waals surface area contributed by atoms with E-state index in [4.69, 9.17) is 4.74 Å². The van der Waals surface area contributed by atoms with Gasteiger partial charge in [0.25, 0.3) is 0 Å². The highest BCUT2D eigenvalue weighted by Crippen LogP contribution is 2.51. The van der Waals surface area contributed by atoms with Gasteiger partial charge >= 0.3 is 5.97 Å². The molecule has 0 aromatic heterocycles. The molecule has 3 atom stereocenters. The quantitative estimate of drug-likeness (QED) is 0.722. The van der Waals surface area contributed by atoms with Crippen LogP contribution in [0.1, 0.15) is 60.3 Å². The van der Waals surface area contributed by atoms with E-state index >= 15 is 0 Å². The molecule has 1 rings (SSSR count). The van der Waals surface area contributed by atoms with E-state index in [0.717, 1.165) is 19.3 Å². The number of nitrogens with one attached hydrogen (secondary N) is 1. The Morgan fingerprint density at radius 2 is 2.00 bits per heavy atom.